The summed E-state index contributed by atoms with van der Waals surface area (Å²) >= 11 is 10.7. The molecule has 23 heavy (non-hydrogen) atoms. The molecular formula is C14H16Cl2N2O5. The topological polar surface area (TPSA) is 93.7 Å². The molecule has 0 aliphatic carbocycles. The van der Waals surface area contributed by atoms with Gasteiger partial charge in [0.1, 0.15) is 5.75 Å². The second kappa shape index (κ2) is 9.91. The van der Waals surface area contributed by atoms with Crippen molar-refractivity contribution < 1.29 is 23.9 Å². The van der Waals surface area contributed by atoms with Crippen molar-refractivity contribution in [3.63, 3.8) is 0 Å². The number of rotatable bonds is 7. The predicted molar refractivity (Wildman–Crippen MR) is 84.9 cm³/mol. The Balaban J connectivity index is 2.39. The molecule has 0 aliphatic heterocycles. The van der Waals surface area contributed by atoms with Gasteiger partial charge in [0.05, 0.1) is 6.61 Å². The average Bonchev–Trinajstić information content (AvgIpc) is 2.51. The van der Waals surface area contributed by atoms with Crippen LogP contribution in [0.2, 0.25) is 0 Å². The van der Waals surface area contributed by atoms with Crippen LogP contribution < -0.4 is 15.4 Å². The quantitative estimate of drug-likeness (QED) is 0.334. The first-order chi connectivity index (χ1) is 10.9. The van der Waals surface area contributed by atoms with E-state index in [-0.39, 0.29) is 31.4 Å². The lowest BCUT2D eigenvalue weighted by molar-refractivity contribution is -0.119. The standard InChI is InChI=1S/C14H16Cl2N2O5/c1-2-22-14(21)23-10-5-3-9(4-6-10)12(19)17-7-8-18-13(20)11(15)16/h3-6,11H,2,7-8H2,1H3,(H,17,19)(H,18,20). The lowest BCUT2D eigenvalue weighted by Gasteiger charge is -2.08. The summed E-state index contributed by atoms with van der Waals surface area (Å²) in [6.45, 7) is 2.29. The molecule has 7 nitrogen and oxygen atoms in total. The van der Waals surface area contributed by atoms with E-state index in [1.165, 1.54) is 24.3 Å². The van der Waals surface area contributed by atoms with E-state index in [1.807, 2.05) is 0 Å². The van der Waals surface area contributed by atoms with Crippen LogP contribution in [0, 0.1) is 0 Å². The van der Waals surface area contributed by atoms with Crippen molar-refractivity contribution >= 4 is 41.2 Å². The first kappa shape index (κ1) is 19.1. The van der Waals surface area contributed by atoms with Gasteiger partial charge in [-0.2, -0.15) is 0 Å². The maximum absolute atomic E-state index is 11.9. The summed E-state index contributed by atoms with van der Waals surface area (Å²) in [4.78, 5) is 32.9. The zero-order chi connectivity index (χ0) is 17.2. The normalized spacial score (nSPS) is 10.1. The van der Waals surface area contributed by atoms with Crippen LogP contribution in [0.5, 0.6) is 5.75 Å². The molecule has 9 heteroatoms. The van der Waals surface area contributed by atoms with Gasteiger partial charge in [-0.15, -0.1) is 0 Å². The molecule has 2 amide bonds. The van der Waals surface area contributed by atoms with Crippen LogP contribution >= 0.6 is 23.2 Å². The minimum atomic E-state index is -1.14. The van der Waals surface area contributed by atoms with Crippen LogP contribution in [-0.2, 0) is 9.53 Å². The fourth-order valence-electron chi connectivity index (χ4n) is 1.46. The fraction of sp³-hybridized carbons (Fsp3) is 0.357. The monoisotopic (exact) mass is 362 g/mol. The molecular weight excluding hydrogens is 347 g/mol. The van der Waals surface area contributed by atoms with Gasteiger partial charge < -0.3 is 20.1 Å². The highest BCUT2D eigenvalue weighted by Crippen LogP contribution is 2.12. The molecule has 1 aromatic rings. The van der Waals surface area contributed by atoms with Crippen molar-refractivity contribution in [2.24, 2.45) is 0 Å². The number of hydrogen-bond acceptors (Lipinski definition) is 5. The SMILES string of the molecule is CCOC(=O)Oc1ccc(C(=O)NCCNC(=O)C(Cl)Cl)cc1. The largest absolute Gasteiger partial charge is 0.513 e. The van der Waals surface area contributed by atoms with E-state index >= 15 is 0 Å². The van der Waals surface area contributed by atoms with Crippen LogP contribution in [0.1, 0.15) is 17.3 Å². The summed E-state index contributed by atoms with van der Waals surface area (Å²) in [7, 11) is 0. The van der Waals surface area contributed by atoms with Gasteiger partial charge >= 0.3 is 6.16 Å². The Morgan fingerprint density at radius 3 is 2.26 bits per heavy atom. The number of nitrogens with one attached hydrogen (secondary N) is 2. The first-order valence-corrected chi connectivity index (χ1v) is 7.60. The van der Waals surface area contributed by atoms with Crippen molar-refractivity contribution in [2.75, 3.05) is 19.7 Å². The zero-order valence-corrected chi connectivity index (χ0v) is 13.8. The number of hydrogen-bond donors (Lipinski definition) is 2. The minimum Gasteiger partial charge on any atom is -0.434 e. The molecule has 0 spiro atoms. The van der Waals surface area contributed by atoms with Gasteiger partial charge in [-0.3, -0.25) is 9.59 Å². The van der Waals surface area contributed by atoms with Crippen molar-refractivity contribution in [3.8, 4) is 5.75 Å². The highest BCUT2D eigenvalue weighted by atomic mass is 35.5. The maximum Gasteiger partial charge on any atom is 0.513 e. The molecule has 0 saturated heterocycles. The van der Waals surface area contributed by atoms with Gasteiger partial charge in [0.15, 0.2) is 4.84 Å². The molecule has 0 fully saturated rings. The van der Waals surface area contributed by atoms with Crippen molar-refractivity contribution in [3.05, 3.63) is 29.8 Å². The average molecular weight is 363 g/mol. The molecule has 126 valence electrons. The molecule has 0 bridgehead atoms. The zero-order valence-electron chi connectivity index (χ0n) is 12.3. The summed E-state index contributed by atoms with van der Waals surface area (Å²) < 4.78 is 9.50. The molecule has 0 atom stereocenters. The Bertz CT molecular complexity index is 549. The molecule has 0 saturated carbocycles. The maximum atomic E-state index is 11.9. The van der Waals surface area contributed by atoms with Gasteiger partial charge in [0, 0.05) is 18.7 Å². The van der Waals surface area contributed by atoms with Gasteiger partial charge in [0.25, 0.3) is 11.8 Å². The molecule has 0 radical (unpaired) electrons. The highest BCUT2D eigenvalue weighted by Gasteiger charge is 2.11. The number of halogens is 2. The van der Waals surface area contributed by atoms with Crippen molar-refractivity contribution in [1.29, 1.82) is 0 Å². The Morgan fingerprint density at radius 1 is 1.09 bits per heavy atom. The van der Waals surface area contributed by atoms with Crippen LogP contribution in [0.25, 0.3) is 0 Å². The summed E-state index contributed by atoms with van der Waals surface area (Å²) in [5, 5.41) is 5.04. The number of amides is 2. The third-order valence-corrected chi connectivity index (χ3v) is 2.88. The van der Waals surface area contributed by atoms with E-state index in [0.717, 1.165) is 0 Å². The number of ether oxygens (including phenoxy) is 2. The minimum absolute atomic E-state index is 0.199. The van der Waals surface area contributed by atoms with Gasteiger partial charge in [-0.05, 0) is 31.2 Å². The number of carbonyl (C=O) groups is 3. The molecule has 0 aliphatic rings. The van der Waals surface area contributed by atoms with Crippen molar-refractivity contribution in [1.82, 2.24) is 10.6 Å². The lowest BCUT2D eigenvalue weighted by Crippen LogP contribution is -2.36. The fourth-order valence-corrected chi connectivity index (χ4v) is 1.61. The summed E-state index contributed by atoms with van der Waals surface area (Å²) in [5.74, 6) is -0.596. The Kier molecular flexibility index (Phi) is 8.21. The lowest BCUT2D eigenvalue weighted by atomic mass is 10.2. The third-order valence-electron chi connectivity index (χ3n) is 2.49. The summed E-state index contributed by atoms with van der Waals surface area (Å²) in [6.07, 6.45) is -0.808. The van der Waals surface area contributed by atoms with Crippen LogP contribution in [0.15, 0.2) is 24.3 Å². The molecule has 2 N–H and O–H groups in total. The second-order valence-electron chi connectivity index (χ2n) is 4.16. The van der Waals surface area contributed by atoms with Crippen LogP contribution in [-0.4, -0.2) is 42.5 Å². The Morgan fingerprint density at radius 2 is 1.70 bits per heavy atom. The molecule has 0 heterocycles. The second-order valence-corrected chi connectivity index (χ2v) is 5.25. The molecule has 0 unspecified atom stereocenters. The van der Waals surface area contributed by atoms with Crippen LogP contribution in [0.4, 0.5) is 4.79 Å². The van der Waals surface area contributed by atoms with Crippen LogP contribution in [0.3, 0.4) is 0 Å². The number of benzene rings is 1. The molecule has 1 rings (SSSR count). The number of carbonyl (C=O) groups excluding carboxylic acids is 3. The van der Waals surface area contributed by atoms with E-state index in [0.29, 0.717) is 5.56 Å². The smallest absolute Gasteiger partial charge is 0.434 e. The van der Waals surface area contributed by atoms with E-state index in [4.69, 9.17) is 27.9 Å². The van der Waals surface area contributed by atoms with E-state index in [9.17, 15) is 14.4 Å². The number of alkyl halides is 2. The Labute approximate surface area is 143 Å². The van der Waals surface area contributed by atoms with Crippen molar-refractivity contribution in [2.45, 2.75) is 11.8 Å². The molecule has 1 aromatic carbocycles. The predicted octanol–water partition coefficient (Wildman–Crippen LogP) is 1.87. The Hall–Kier alpha value is -1.99. The summed E-state index contributed by atoms with van der Waals surface area (Å²) in [6, 6.07) is 5.93. The van der Waals surface area contributed by atoms with Gasteiger partial charge in [-0.1, -0.05) is 23.2 Å². The van der Waals surface area contributed by atoms with E-state index < -0.39 is 16.9 Å². The third kappa shape index (κ3) is 7.21. The van der Waals surface area contributed by atoms with Gasteiger partial charge in [-0.25, -0.2) is 4.79 Å². The van der Waals surface area contributed by atoms with Gasteiger partial charge in [0.2, 0.25) is 0 Å². The van der Waals surface area contributed by atoms with E-state index in [2.05, 4.69) is 15.4 Å². The van der Waals surface area contributed by atoms with E-state index in [1.54, 1.807) is 6.92 Å². The summed E-state index contributed by atoms with van der Waals surface area (Å²) in [5.41, 5.74) is 0.375. The first-order valence-electron chi connectivity index (χ1n) is 6.72. The molecule has 0 aromatic heterocycles. The highest BCUT2D eigenvalue weighted by molar-refractivity contribution is 6.53.